The molecule has 12 heavy (non-hydrogen) atoms. The third kappa shape index (κ3) is 1.57. The van der Waals surface area contributed by atoms with Gasteiger partial charge in [-0.3, -0.25) is 0 Å². The molecule has 0 saturated carbocycles. The zero-order chi connectivity index (χ0) is 9.14. The van der Waals surface area contributed by atoms with E-state index in [1.807, 2.05) is 6.92 Å². The minimum atomic E-state index is -0.482. The molecule has 0 fully saturated rings. The van der Waals surface area contributed by atoms with Gasteiger partial charge < -0.3 is 9.47 Å². The SMILES string of the molecule is COC1=CC(C)=NC(OC)N1N. The Labute approximate surface area is 71.4 Å². The summed E-state index contributed by atoms with van der Waals surface area (Å²) in [5, 5.41) is 1.33. The van der Waals surface area contributed by atoms with Crippen LogP contribution in [0.1, 0.15) is 6.92 Å². The van der Waals surface area contributed by atoms with Crippen molar-refractivity contribution in [1.29, 1.82) is 0 Å². The second kappa shape index (κ2) is 3.55. The first-order chi connectivity index (χ1) is 5.69. The maximum atomic E-state index is 5.61. The third-order valence-corrected chi connectivity index (χ3v) is 1.56. The van der Waals surface area contributed by atoms with E-state index in [4.69, 9.17) is 15.3 Å². The monoisotopic (exact) mass is 171 g/mol. The van der Waals surface area contributed by atoms with Gasteiger partial charge in [0.1, 0.15) is 0 Å². The van der Waals surface area contributed by atoms with E-state index in [0.29, 0.717) is 5.88 Å². The Kier molecular flexibility index (Phi) is 2.67. The van der Waals surface area contributed by atoms with Crippen molar-refractivity contribution in [2.45, 2.75) is 13.3 Å². The second-order valence-corrected chi connectivity index (χ2v) is 2.43. The molecule has 0 aromatic heterocycles. The molecule has 5 heteroatoms. The molecule has 0 amide bonds. The van der Waals surface area contributed by atoms with Gasteiger partial charge in [0.15, 0.2) is 0 Å². The summed E-state index contributed by atoms with van der Waals surface area (Å²) in [6.07, 6.45) is 1.26. The van der Waals surface area contributed by atoms with E-state index in [1.165, 1.54) is 5.01 Å². The zero-order valence-electron chi connectivity index (χ0n) is 7.44. The Morgan fingerprint density at radius 3 is 2.75 bits per heavy atom. The normalized spacial score (nSPS) is 23.3. The smallest absolute Gasteiger partial charge is 0.243 e. The first kappa shape index (κ1) is 9.02. The summed E-state index contributed by atoms with van der Waals surface area (Å²) in [5.74, 6) is 6.16. The van der Waals surface area contributed by atoms with Crippen LogP contribution in [0.2, 0.25) is 0 Å². The second-order valence-electron chi connectivity index (χ2n) is 2.43. The van der Waals surface area contributed by atoms with Crippen LogP contribution in [0.25, 0.3) is 0 Å². The summed E-state index contributed by atoms with van der Waals surface area (Å²) in [6, 6.07) is 0. The molecule has 1 atom stereocenters. The number of nitrogens with zero attached hydrogens (tertiary/aromatic N) is 2. The average molecular weight is 171 g/mol. The number of hydrogen-bond acceptors (Lipinski definition) is 5. The van der Waals surface area contributed by atoms with Crippen LogP contribution in [0.4, 0.5) is 0 Å². The van der Waals surface area contributed by atoms with Crippen LogP contribution < -0.4 is 5.84 Å². The van der Waals surface area contributed by atoms with E-state index in [-0.39, 0.29) is 0 Å². The van der Waals surface area contributed by atoms with Crippen LogP contribution in [0.5, 0.6) is 0 Å². The lowest BCUT2D eigenvalue weighted by molar-refractivity contribution is -0.0397. The lowest BCUT2D eigenvalue weighted by Gasteiger charge is -2.28. The van der Waals surface area contributed by atoms with E-state index >= 15 is 0 Å². The van der Waals surface area contributed by atoms with Gasteiger partial charge >= 0.3 is 0 Å². The van der Waals surface area contributed by atoms with Crippen molar-refractivity contribution in [3.8, 4) is 0 Å². The standard InChI is InChI=1S/C7H13N3O2/c1-5-4-6(11-2)10(8)7(9-5)12-3/h4,7H,8H2,1-3H3. The molecule has 0 spiro atoms. The average Bonchev–Trinajstić information content (AvgIpc) is 2.08. The highest BCUT2D eigenvalue weighted by Gasteiger charge is 2.20. The molecule has 0 aliphatic carbocycles. The highest BCUT2D eigenvalue weighted by molar-refractivity contribution is 5.93. The maximum absolute atomic E-state index is 5.61. The third-order valence-electron chi connectivity index (χ3n) is 1.56. The highest BCUT2D eigenvalue weighted by Crippen LogP contribution is 2.12. The van der Waals surface area contributed by atoms with Gasteiger partial charge in [0, 0.05) is 18.9 Å². The number of nitrogens with two attached hydrogens (primary N) is 1. The first-order valence-corrected chi connectivity index (χ1v) is 3.56. The van der Waals surface area contributed by atoms with Crippen molar-refractivity contribution in [3.63, 3.8) is 0 Å². The largest absolute Gasteiger partial charge is 0.481 e. The summed E-state index contributed by atoms with van der Waals surface area (Å²) in [4.78, 5) is 4.12. The van der Waals surface area contributed by atoms with Crippen molar-refractivity contribution in [3.05, 3.63) is 12.0 Å². The van der Waals surface area contributed by atoms with Crippen LogP contribution in [0.3, 0.4) is 0 Å². The fraction of sp³-hybridized carbons (Fsp3) is 0.571. The van der Waals surface area contributed by atoms with Crippen LogP contribution >= 0.6 is 0 Å². The molecule has 0 aromatic carbocycles. The van der Waals surface area contributed by atoms with Gasteiger partial charge in [-0.1, -0.05) is 0 Å². The molecular weight excluding hydrogens is 158 g/mol. The molecule has 1 aliphatic heterocycles. The Morgan fingerprint density at radius 1 is 1.58 bits per heavy atom. The van der Waals surface area contributed by atoms with Crippen molar-refractivity contribution in [2.24, 2.45) is 10.8 Å². The van der Waals surface area contributed by atoms with E-state index in [9.17, 15) is 0 Å². The predicted molar refractivity (Wildman–Crippen MR) is 45.0 cm³/mol. The molecule has 0 radical (unpaired) electrons. The van der Waals surface area contributed by atoms with Gasteiger partial charge in [-0.05, 0) is 6.92 Å². The molecule has 0 bridgehead atoms. The van der Waals surface area contributed by atoms with Gasteiger partial charge in [-0.25, -0.2) is 15.8 Å². The lowest BCUT2D eigenvalue weighted by Crippen LogP contribution is -2.43. The van der Waals surface area contributed by atoms with Crippen molar-refractivity contribution in [1.82, 2.24) is 5.01 Å². The van der Waals surface area contributed by atoms with Crippen molar-refractivity contribution in [2.75, 3.05) is 14.2 Å². The molecule has 2 N–H and O–H groups in total. The summed E-state index contributed by atoms with van der Waals surface area (Å²) in [7, 11) is 3.09. The van der Waals surface area contributed by atoms with Crippen LogP contribution in [0, 0.1) is 0 Å². The summed E-state index contributed by atoms with van der Waals surface area (Å²) >= 11 is 0. The number of methoxy groups -OCH3 is 2. The minimum absolute atomic E-state index is 0.482. The number of ether oxygens (including phenoxy) is 2. The lowest BCUT2D eigenvalue weighted by atomic mass is 10.3. The molecule has 1 heterocycles. The molecule has 68 valence electrons. The van der Waals surface area contributed by atoms with Crippen LogP contribution in [-0.2, 0) is 9.47 Å². The van der Waals surface area contributed by atoms with Gasteiger partial charge in [-0.2, -0.15) is 0 Å². The first-order valence-electron chi connectivity index (χ1n) is 3.56. The molecule has 1 rings (SSSR count). The van der Waals surface area contributed by atoms with Crippen LogP contribution in [-0.4, -0.2) is 31.3 Å². The predicted octanol–water partition coefficient (Wildman–Crippen LogP) is 0.0544. The van der Waals surface area contributed by atoms with Gasteiger partial charge in [-0.15, -0.1) is 0 Å². The zero-order valence-corrected chi connectivity index (χ0v) is 7.44. The molecule has 5 nitrogen and oxygen atoms in total. The van der Waals surface area contributed by atoms with E-state index in [1.54, 1.807) is 20.3 Å². The molecule has 0 aromatic rings. The molecule has 0 saturated heterocycles. The number of allylic oxidation sites excluding steroid dienone is 1. The maximum Gasteiger partial charge on any atom is 0.243 e. The summed E-state index contributed by atoms with van der Waals surface area (Å²) in [5.41, 5.74) is 0.834. The van der Waals surface area contributed by atoms with Crippen molar-refractivity contribution < 1.29 is 9.47 Å². The van der Waals surface area contributed by atoms with E-state index < -0.39 is 6.35 Å². The number of aliphatic imine (C=N–C) groups is 1. The van der Waals surface area contributed by atoms with E-state index in [2.05, 4.69) is 4.99 Å². The van der Waals surface area contributed by atoms with Gasteiger partial charge in [0.05, 0.1) is 7.11 Å². The fourth-order valence-corrected chi connectivity index (χ4v) is 0.966. The minimum Gasteiger partial charge on any atom is -0.481 e. The van der Waals surface area contributed by atoms with E-state index in [0.717, 1.165) is 5.71 Å². The van der Waals surface area contributed by atoms with Gasteiger partial charge in [0.25, 0.3) is 0 Å². The molecule has 1 unspecified atom stereocenters. The highest BCUT2D eigenvalue weighted by atomic mass is 16.5. The number of rotatable bonds is 2. The fourth-order valence-electron chi connectivity index (χ4n) is 0.966. The topological polar surface area (TPSA) is 60.1 Å². The molecular formula is C7H13N3O2. The number of hydrazine groups is 1. The summed E-state index contributed by atoms with van der Waals surface area (Å²) in [6.45, 7) is 1.86. The quantitative estimate of drug-likeness (QED) is 0.596. The molecule has 1 aliphatic rings. The van der Waals surface area contributed by atoms with Gasteiger partial charge in [0.2, 0.25) is 12.2 Å². The Hall–Kier alpha value is -1.07. The Morgan fingerprint density at radius 2 is 2.25 bits per heavy atom. The van der Waals surface area contributed by atoms with Crippen molar-refractivity contribution >= 4 is 5.71 Å². The van der Waals surface area contributed by atoms with Crippen LogP contribution in [0.15, 0.2) is 17.0 Å². The summed E-state index contributed by atoms with van der Waals surface area (Å²) < 4.78 is 10.0. The Bertz CT molecular complexity index is 225. The number of hydrogen-bond donors (Lipinski definition) is 1. The Balaban J connectivity index is 2.83.